The molecule has 7 heteroatoms. The van der Waals surface area contributed by atoms with E-state index in [-0.39, 0.29) is 16.8 Å². The molecule has 2 N–H and O–H groups in total. The topological polar surface area (TPSA) is 84.5 Å². The van der Waals surface area contributed by atoms with E-state index in [1.54, 1.807) is 12.1 Å². The van der Waals surface area contributed by atoms with Crippen molar-refractivity contribution < 1.29 is 17.9 Å². The maximum absolute atomic E-state index is 12.6. The quantitative estimate of drug-likeness (QED) is 0.523. The highest BCUT2D eigenvalue weighted by molar-refractivity contribution is 7.89. The first kappa shape index (κ1) is 21.3. The molecule has 3 aromatic rings. The molecule has 0 aliphatic heterocycles. The Morgan fingerprint density at radius 3 is 2.52 bits per heavy atom. The Balaban J connectivity index is 1.31. The number of amides is 1. The average molecular weight is 439 g/mol. The summed E-state index contributed by atoms with van der Waals surface area (Å²) in [4.78, 5) is 12.6. The van der Waals surface area contributed by atoms with Gasteiger partial charge in [-0.25, -0.2) is 13.1 Å². The first-order chi connectivity index (χ1) is 15.0. The number of hydrogen-bond donors (Lipinski definition) is 2. The lowest BCUT2D eigenvalue weighted by Crippen LogP contribution is -2.33. The third-order valence-electron chi connectivity index (χ3n) is 5.46. The van der Waals surface area contributed by atoms with Crippen molar-refractivity contribution in [3.05, 3.63) is 72.3 Å². The molecule has 0 spiro atoms. The van der Waals surface area contributed by atoms with Gasteiger partial charge in [-0.1, -0.05) is 49.2 Å². The van der Waals surface area contributed by atoms with Crippen LogP contribution in [0.15, 0.2) is 71.6 Å². The average Bonchev–Trinajstić information content (AvgIpc) is 3.29. The lowest BCUT2D eigenvalue weighted by molar-refractivity contribution is 0.0947. The maximum atomic E-state index is 12.6. The van der Waals surface area contributed by atoms with Gasteiger partial charge in [-0.05, 0) is 53.9 Å². The molecule has 0 saturated heterocycles. The smallest absolute Gasteiger partial charge is 0.251 e. The number of benzene rings is 3. The molecule has 1 amide bonds. The minimum atomic E-state index is -3.63. The summed E-state index contributed by atoms with van der Waals surface area (Å²) in [6.07, 6.45) is 3.79. The Labute approximate surface area is 182 Å². The van der Waals surface area contributed by atoms with Gasteiger partial charge in [0.05, 0.1) is 11.4 Å². The van der Waals surface area contributed by atoms with E-state index in [9.17, 15) is 13.2 Å². The normalized spacial score (nSPS) is 14.6. The Morgan fingerprint density at radius 1 is 0.935 bits per heavy atom. The van der Waals surface area contributed by atoms with Crippen LogP contribution >= 0.6 is 0 Å². The third kappa shape index (κ3) is 5.42. The number of fused-ring (bicyclic) bond motifs is 1. The standard InChI is InChI=1S/C24H26N2O4S/c27-24(25-14-15-30-22-13-12-18-6-1-2-7-19(18)16-22)20-8-5-11-23(17-20)31(28,29)26-21-9-3-4-10-21/h1-2,5-8,11-13,16-17,21,26H,3-4,9-10,14-15H2,(H,25,27). The molecule has 1 aliphatic rings. The molecule has 0 aromatic heterocycles. The molecule has 0 bridgehead atoms. The highest BCUT2D eigenvalue weighted by atomic mass is 32.2. The molecule has 31 heavy (non-hydrogen) atoms. The van der Waals surface area contributed by atoms with E-state index in [1.165, 1.54) is 12.1 Å². The summed E-state index contributed by atoms with van der Waals surface area (Å²) in [5.41, 5.74) is 0.306. The van der Waals surface area contributed by atoms with Gasteiger partial charge >= 0.3 is 0 Å². The van der Waals surface area contributed by atoms with Crippen LogP contribution < -0.4 is 14.8 Å². The second-order valence-corrected chi connectivity index (χ2v) is 9.46. The summed E-state index contributed by atoms with van der Waals surface area (Å²) < 4.78 is 33.7. The van der Waals surface area contributed by atoms with Crippen molar-refractivity contribution in [3.8, 4) is 5.75 Å². The summed E-state index contributed by atoms with van der Waals surface area (Å²) in [6.45, 7) is 0.619. The highest BCUT2D eigenvalue weighted by Gasteiger charge is 2.23. The van der Waals surface area contributed by atoms with Gasteiger partial charge in [0, 0.05) is 11.6 Å². The molecule has 1 saturated carbocycles. The minimum absolute atomic E-state index is 0.0188. The molecule has 162 valence electrons. The van der Waals surface area contributed by atoms with Crippen LogP contribution in [0.25, 0.3) is 10.8 Å². The van der Waals surface area contributed by atoms with E-state index in [2.05, 4.69) is 10.0 Å². The fraction of sp³-hybridized carbons (Fsp3) is 0.292. The van der Waals surface area contributed by atoms with Gasteiger partial charge in [0.2, 0.25) is 10.0 Å². The van der Waals surface area contributed by atoms with Gasteiger partial charge < -0.3 is 10.1 Å². The number of rotatable bonds is 8. The Kier molecular flexibility index (Phi) is 6.53. The number of nitrogens with one attached hydrogen (secondary N) is 2. The van der Waals surface area contributed by atoms with Crippen molar-refractivity contribution in [1.82, 2.24) is 10.0 Å². The molecular weight excluding hydrogens is 412 g/mol. The number of carbonyl (C=O) groups is 1. The van der Waals surface area contributed by atoms with Crippen LogP contribution in [0.3, 0.4) is 0 Å². The van der Waals surface area contributed by atoms with Crippen LogP contribution in [0, 0.1) is 0 Å². The summed E-state index contributed by atoms with van der Waals surface area (Å²) >= 11 is 0. The highest BCUT2D eigenvalue weighted by Crippen LogP contribution is 2.21. The van der Waals surface area contributed by atoms with Crippen LogP contribution in [0.2, 0.25) is 0 Å². The van der Waals surface area contributed by atoms with E-state index >= 15 is 0 Å². The van der Waals surface area contributed by atoms with E-state index in [0.29, 0.717) is 18.7 Å². The Morgan fingerprint density at radius 2 is 1.71 bits per heavy atom. The lowest BCUT2D eigenvalue weighted by Gasteiger charge is -2.13. The number of carbonyl (C=O) groups excluding carboxylic acids is 1. The van der Waals surface area contributed by atoms with E-state index in [4.69, 9.17) is 4.74 Å². The lowest BCUT2D eigenvalue weighted by atomic mass is 10.1. The van der Waals surface area contributed by atoms with Crippen LogP contribution in [0.5, 0.6) is 5.75 Å². The van der Waals surface area contributed by atoms with E-state index in [1.807, 2.05) is 42.5 Å². The molecular formula is C24H26N2O4S. The molecule has 3 aromatic carbocycles. The zero-order valence-electron chi connectivity index (χ0n) is 17.2. The summed E-state index contributed by atoms with van der Waals surface area (Å²) in [7, 11) is -3.63. The second kappa shape index (κ2) is 9.49. The predicted octanol–water partition coefficient (Wildman–Crippen LogP) is 3.87. The molecule has 0 unspecified atom stereocenters. The number of hydrogen-bond acceptors (Lipinski definition) is 4. The van der Waals surface area contributed by atoms with Gasteiger partial charge in [0.15, 0.2) is 0 Å². The van der Waals surface area contributed by atoms with E-state index < -0.39 is 10.0 Å². The second-order valence-electron chi connectivity index (χ2n) is 7.74. The van der Waals surface area contributed by atoms with Gasteiger partial charge in [0.1, 0.15) is 12.4 Å². The monoisotopic (exact) mass is 438 g/mol. The third-order valence-corrected chi connectivity index (χ3v) is 6.98. The van der Waals surface area contributed by atoms with Crippen LogP contribution in [0.1, 0.15) is 36.0 Å². The van der Waals surface area contributed by atoms with Crippen LogP contribution in [-0.4, -0.2) is 33.5 Å². The predicted molar refractivity (Wildman–Crippen MR) is 121 cm³/mol. The zero-order chi connectivity index (χ0) is 21.7. The first-order valence-electron chi connectivity index (χ1n) is 10.5. The van der Waals surface area contributed by atoms with Crippen molar-refractivity contribution in [1.29, 1.82) is 0 Å². The van der Waals surface area contributed by atoms with Crippen molar-refractivity contribution in [3.63, 3.8) is 0 Å². The molecule has 4 rings (SSSR count). The number of ether oxygens (including phenoxy) is 1. The fourth-order valence-corrected chi connectivity index (χ4v) is 5.18. The Bertz CT molecular complexity index is 1170. The number of sulfonamides is 1. The molecule has 0 atom stereocenters. The van der Waals surface area contributed by atoms with Gasteiger partial charge in [-0.3, -0.25) is 4.79 Å². The zero-order valence-corrected chi connectivity index (χ0v) is 18.0. The van der Waals surface area contributed by atoms with E-state index in [0.717, 1.165) is 42.2 Å². The molecule has 6 nitrogen and oxygen atoms in total. The largest absolute Gasteiger partial charge is 0.492 e. The summed E-state index contributed by atoms with van der Waals surface area (Å²) in [6, 6.07) is 20.0. The molecule has 1 aliphatic carbocycles. The maximum Gasteiger partial charge on any atom is 0.251 e. The Hall–Kier alpha value is -2.90. The van der Waals surface area contributed by atoms with Crippen LogP contribution in [0.4, 0.5) is 0 Å². The molecule has 1 fully saturated rings. The van der Waals surface area contributed by atoms with Crippen molar-refractivity contribution in [2.24, 2.45) is 0 Å². The van der Waals surface area contributed by atoms with Crippen molar-refractivity contribution in [2.45, 2.75) is 36.6 Å². The first-order valence-corrected chi connectivity index (χ1v) is 12.0. The van der Waals surface area contributed by atoms with Gasteiger partial charge in [-0.15, -0.1) is 0 Å². The van der Waals surface area contributed by atoms with Crippen molar-refractivity contribution >= 4 is 26.7 Å². The fourth-order valence-electron chi connectivity index (χ4n) is 3.83. The summed E-state index contributed by atoms with van der Waals surface area (Å²) in [5, 5.41) is 5.01. The van der Waals surface area contributed by atoms with Gasteiger partial charge in [-0.2, -0.15) is 0 Å². The van der Waals surface area contributed by atoms with Gasteiger partial charge in [0.25, 0.3) is 5.91 Å². The van der Waals surface area contributed by atoms with Crippen LogP contribution in [-0.2, 0) is 10.0 Å². The summed E-state index contributed by atoms with van der Waals surface area (Å²) in [5.74, 6) is 0.402. The SMILES string of the molecule is O=C(NCCOc1ccc2ccccc2c1)c1cccc(S(=O)(=O)NC2CCCC2)c1. The minimum Gasteiger partial charge on any atom is -0.492 e. The molecule has 0 heterocycles. The van der Waals surface area contributed by atoms with Crippen molar-refractivity contribution in [2.75, 3.05) is 13.2 Å². The molecule has 0 radical (unpaired) electrons.